The molecule has 4 heteroatoms. The average molecular weight is 342 g/mol. The van der Waals surface area contributed by atoms with Gasteiger partial charge in [-0.1, -0.05) is 76.2 Å². The Morgan fingerprint density at radius 2 is 0.731 bits per heavy atom. The molecule has 4 nitrogen and oxygen atoms in total. The fraction of sp³-hybridized carbons (Fsp3) is 0.273. The maximum Gasteiger partial charge on any atom is 0.158 e. The van der Waals surface area contributed by atoms with E-state index in [1.807, 2.05) is 76.2 Å². The number of nitriles is 4. The molecule has 0 N–H and O–H groups in total. The van der Waals surface area contributed by atoms with E-state index in [9.17, 15) is 0 Å². The van der Waals surface area contributed by atoms with Gasteiger partial charge in [0.2, 0.25) is 0 Å². The predicted octanol–water partition coefficient (Wildman–Crippen LogP) is 5.67. The minimum Gasteiger partial charge on any atom is -0.196 e. The topological polar surface area (TPSA) is 95.2 Å². The number of hydrogen-bond acceptors (Lipinski definition) is 4. The minimum atomic E-state index is -0.761. The van der Waals surface area contributed by atoms with E-state index in [1.54, 1.807) is 24.3 Å². The summed E-state index contributed by atoms with van der Waals surface area (Å²) < 4.78 is 0. The van der Waals surface area contributed by atoms with E-state index in [1.165, 1.54) is 0 Å². The second kappa shape index (κ2) is 12.8. The van der Waals surface area contributed by atoms with Crippen molar-refractivity contribution in [1.29, 1.82) is 21.0 Å². The molecule has 0 unspecified atom stereocenters. The van der Waals surface area contributed by atoms with Crippen molar-refractivity contribution >= 4 is 0 Å². The maximum atomic E-state index is 8.87. The Kier molecular flexibility index (Phi) is 11.0. The van der Waals surface area contributed by atoms with Crippen molar-refractivity contribution in [2.75, 3.05) is 0 Å². The van der Waals surface area contributed by atoms with Crippen LogP contribution in [-0.2, 0) is 0 Å². The molecule has 0 bridgehead atoms. The van der Waals surface area contributed by atoms with Gasteiger partial charge in [-0.05, 0) is 22.3 Å². The van der Waals surface area contributed by atoms with Crippen LogP contribution in [0, 0.1) is 45.3 Å². The highest BCUT2D eigenvalue weighted by atomic mass is 14.3. The van der Waals surface area contributed by atoms with Crippen LogP contribution >= 0.6 is 0 Å². The Morgan fingerprint density at radius 1 is 0.500 bits per heavy atom. The molecule has 0 radical (unpaired) electrons. The van der Waals surface area contributed by atoms with E-state index in [-0.39, 0.29) is 0 Å². The molecule has 0 saturated carbocycles. The Morgan fingerprint density at radius 3 is 0.923 bits per heavy atom. The van der Waals surface area contributed by atoms with E-state index >= 15 is 0 Å². The van der Waals surface area contributed by atoms with E-state index in [0.717, 1.165) is 11.1 Å². The first-order chi connectivity index (χ1) is 12.7. The Labute approximate surface area is 156 Å². The zero-order valence-corrected chi connectivity index (χ0v) is 15.6. The van der Waals surface area contributed by atoms with Crippen LogP contribution in [0.1, 0.15) is 50.7 Å². The lowest BCUT2D eigenvalue weighted by Crippen LogP contribution is -1.92. The third kappa shape index (κ3) is 5.79. The van der Waals surface area contributed by atoms with Gasteiger partial charge in [0.15, 0.2) is 11.8 Å². The van der Waals surface area contributed by atoms with Crippen molar-refractivity contribution in [1.82, 2.24) is 0 Å². The molecule has 0 aliphatic heterocycles. The third-order valence-corrected chi connectivity index (χ3v) is 3.34. The number of rotatable bonds is 3. The van der Waals surface area contributed by atoms with Crippen molar-refractivity contribution in [3.63, 3.8) is 0 Å². The first-order valence-corrected chi connectivity index (χ1v) is 8.52. The predicted molar refractivity (Wildman–Crippen MR) is 103 cm³/mol. The van der Waals surface area contributed by atoms with Gasteiger partial charge < -0.3 is 0 Å². The highest BCUT2D eigenvalue weighted by molar-refractivity contribution is 5.64. The molecule has 0 atom stereocenters. The van der Waals surface area contributed by atoms with Crippen LogP contribution in [0.3, 0.4) is 0 Å². The number of nitrogens with zero attached hydrogens (tertiary/aromatic N) is 4. The first-order valence-electron chi connectivity index (χ1n) is 8.52. The van der Waals surface area contributed by atoms with E-state index < -0.39 is 11.8 Å². The first kappa shape index (κ1) is 22.4. The molecule has 0 heterocycles. The van der Waals surface area contributed by atoms with Gasteiger partial charge in [0, 0.05) is 0 Å². The van der Waals surface area contributed by atoms with Crippen LogP contribution in [0.2, 0.25) is 0 Å². The van der Waals surface area contributed by atoms with E-state index in [4.69, 9.17) is 21.0 Å². The highest BCUT2D eigenvalue weighted by Gasteiger charge is 2.10. The van der Waals surface area contributed by atoms with E-state index in [0.29, 0.717) is 11.1 Å². The molecule has 0 fully saturated rings. The van der Waals surface area contributed by atoms with Gasteiger partial charge in [0.1, 0.15) is 0 Å². The highest BCUT2D eigenvalue weighted by Crippen LogP contribution is 2.24. The summed E-state index contributed by atoms with van der Waals surface area (Å²) in [5, 5.41) is 35.5. The largest absolute Gasteiger partial charge is 0.196 e. The quantitative estimate of drug-likeness (QED) is 0.718. The third-order valence-electron chi connectivity index (χ3n) is 3.34. The summed E-state index contributed by atoms with van der Waals surface area (Å²) in [4.78, 5) is 0. The smallest absolute Gasteiger partial charge is 0.158 e. The van der Waals surface area contributed by atoms with Gasteiger partial charge in [0.05, 0.1) is 24.3 Å². The van der Waals surface area contributed by atoms with Gasteiger partial charge in [0.25, 0.3) is 0 Å². The zero-order chi connectivity index (χ0) is 19.9. The van der Waals surface area contributed by atoms with Crippen molar-refractivity contribution < 1.29 is 0 Å². The summed E-state index contributed by atoms with van der Waals surface area (Å²) in [7, 11) is 0. The van der Waals surface area contributed by atoms with Gasteiger partial charge in [-0.15, -0.1) is 0 Å². The Hall–Kier alpha value is -3.60. The molecule has 130 valence electrons. The van der Waals surface area contributed by atoms with Crippen LogP contribution in [0.15, 0.2) is 48.5 Å². The Balaban J connectivity index is 0.00000146. The standard InChI is InChI=1S/C18H10N4.2C2H6/c19-9-17(10-20)15-5-1-13(2-6-15)14-3-7-16(8-4-14)18(11-21)12-22;2*1-2/h1-8,17-18H;2*1-2H3. The SMILES string of the molecule is CC.CC.N#CC(C#N)c1ccc(-c2ccc(C(C#N)C#N)cc2)cc1. The summed E-state index contributed by atoms with van der Waals surface area (Å²) >= 11 is 0. The molecular weight excluding hydrogens is 320 g/mol. The molecule has 0 aliphatic rings. The lowest BCUT2D eigenvalue weighted by molar-refractivity contribution is 1.10. The summed E-state index contributed by atoms with van der Waals surface area (Å²) in [6, 6.07) is 22.2. The summed E-state index contributed by atoms with van der Waals surface area (Å²) in [5.41, 5.74) is 3.21. The second-order valence-electron chi connectivity index (χ2n) is 4.63. The molecule has 2 rings (SSSR count). The lowest BCUT2D eigenvalue weighted by atomic mass is 9.96. The van der Waals surface area contributed by atoms with Crippen molar-refractivity contribution in [3.8, 4) is 35.4 Å². The van der Waals surface area contributed by atoms with Crippen LogP contribution in [0.5, 0.6) is 0 Å². The van der Waals surface area contributed by atoms with Crippen LogP contribution in [0.25, 0.3) is 11.1 Å². The Bertz CT molecular complexity index is 721. The average Bonchev–Trinajstić information content (AvgIpc) is 2.74. The van der Waals surface area contributed by atoms with Gasteiger partial charge in [-0.3, -0.25) is 0 Å². The summed E-state index contributed by atoms with van der Waals surface area (Å²) in [6.07, 6.45) is 0. The van der Waals surface area contributed by atoms with Gasteiger partial charge in [-0.2, -0.15) is 21.0 Å². The fourth-order valence-electron chi connectivity index (χ4n) is 2.09. The fourth-order valence-corrected chi connectivity index (χ4v) is 2.09. The molecule has 2 aromatic rings. The summed E-state index contributed by atoms with van der Waals surface area (Å²) in [6.45, 7) is 8.00. The molecular formula is C22H22N4. The molecule has 0 saturated heterocycles. The van der Waals surface area contributed by atoms with Crippen molar-refractivity contribution in [3.05, 3.63) is 59.7 Å². The van der Waals surface area contributed by atoms with Crippen LogP contribution < -0.4 is 0 Å². The van der Waals surface area contributed by atoms with E-state index in [2.05, 4.69) is 0 Å². The zero-order valence-electron chi connectivity index (χ0n) is 15.6. The van der Waals surface area contributed by atoms with Gasteiger partial charge in [-0.25, -0.2) is 0 Å². The lowest BCUT2D eigenvalue weighted by Gasteiger charge is -2.06. The van der Waals surface area contributed by atoms with Crippen molar-refractivity contribution in [2.45, 2.75) is 39.5 Å². The number of benzene rings is 2. The molecule has 0 aliphatic carbocycles. The monoisotopic (exact) mass is 342 g/mol. The van der Waals surface area contributed by atoms with Crippen LogP contribution in [-0.4, -0.2) is 0 Å². The molecule has 26 heavy (non-hydrogen) atoms. The molecule has 0 aromatic heterocycles. The second-order valence-corrected chi connectivity index (χ2v) is 4.63. The summed E-state index contributed by atoms with van der Waals surface area (Å²) in [5.74, 6) is -1.52. The van der Waals surface area contributed by atoms with Crippen LogP contribution in [0.4, 0.5) is 0 Å². The maximum absolute atomic E-state index is 8.87. The number of hydrogen-bond donors (Lipinski definition) is 0. The van der Waals surface area contributed by atoms with Crippen molar-refractivity contribution in [2.24, 2.45) is 0 Å². The molecule has 0 amide bonds. The van der Waals surface area contributed by atoms with Gasteiger partial charge >= 0.3 is 0 Å². The molecule has 0 spiro atoms. The minimum absolute atomic E-state index is 0.666. The normalized spacial score (nSPS) is 8.54. The molecule has 2 aromatic carbocycles.